The van der Waals surface area contributed by atoms with Crippen LogP contribution in [0.15, 0.2) is 94.8 Å². The Balaban J connectivity index is 0.00000289. The molecule has 3 aromatic rings. The number of ether oxygens (including phenoxy) is 1. The van der Waals surface area contributed by atoms with Crippen LogP contribution in [0.2, 0.25) is 10.0 Å². The quantitative estimate of drug-likeness (QED) is 0.284. The van der Waals surface area contributed by atoms with Crippen LogP contribution in [0.1, 0.15) is 29.7 Å². The van der Waals surface area contributed by atoms with Gasteiger partial charge in [-0.15, -0.1) is 17.0 Å². The molecule has 0 saturated heterocycles. The number of amidine groups is 1. The summed E-state index contributed by atoms with van der Waals surface area (Å²) in [6.07, 6.45) is 0. The third-order valence-electron chi connectivity index (χ3n) is 5.60. The molecule has 0 radical (unpaired) electrons. The first-order chi connectivity index (χ1) is 16.6. The van der Waals surface area contributed by atoms with Crippen molar-refractivity contribution < 1.29 is 9.53 Å². The van der Waals surface area contributed by atoms with Gasteiger partial charge in [0.15, 0.2) is 5.17 Å². The van der Waals surface area contributed by atoms with Crippen molar-refractivity contribution >= 4 is 74.5 Å². The summed E-state index contributed by atoms with van der Waals surface area (Å²) in [6, 6.07) is 24.5. The van der Waals surface area contributed by atoms with E-state index >= 15 is 0 Å². The van der Waals surface area contributed by atoms with E-state index in [9.17, 15) is 4.79 Å². The molecule has 0 spiro atoms. The van der Waals surface area contributed by atoms with Gasteiger partial charge in [-0.3, -0.25) is 0 Å². The molecule has 2 aliphatic heterocycles. The fraction of sp³-hybridized carbons (Fsp3) is 0.111. The van der Waals surface area contributed by atoms with Crippen LogP contribution in [0.25, 0.3) is 11.4 Å². The van der Waals surface area contributed by atoms with E-state index in [0.717, 1.165) is 27.6 Å². The van der Waals surface area contributed by atoms with Gasteiger partial charge < -0.3 is 9.64 Å². The van der Waals surface area contributed by atoms with E-state index in [-0.39, 0.29) is 23.6 Å². The lowest BCUT2D eigenvalue weighted by Gasteiger charge is -2.37. The summed E-state index contributed by atoms with van der Waals surface area (Å²) >= 11 is 13.9. The van der Waals surface area contributed by atoms with Gasteiger partial charge in [0.25, 0.3) is 0 Å². The molecule has 0 amide bonds. The van der Waals surface area contributed by atoms with Crippen molar-refractivity contribution in [2.24, 2.45) is 4.99 Å². The number of nitrogens with zero attached hydrogens (tertiary/aromatic N) is 2. The van der Waals surface area contributed by atoms with Gasteiger partial charge in [0.05, 0.1) is 29.6 Å². The normalized spacial score (nSPS) is 16.8. The SMILES string of the molecule is Br.CCOC(=O)C1=C(c2ccccc2)N=C2SC=C(c3ccc(Cl)cc3)N2C1c1ccc(Cl)cc1. The molecular weight excluding hydrogens is 567 g/mol. The summed E-state index contributed by atoms with van der Waals surface area (Å²) in [5, 5.41) is 4.14. The van der Waals surface area contributed by atoms with E-state index in [0.29, 0.717) is 21.3 Å². The number of benzene rings is 3. The highest BCUT2D eigenvalue weighted by Gasteiger charge is 2.42. The third-order valence-corrected chi connectivity index (χ3v) is 6.95. The Morgan fingerprint density at radius 1 is 0.943 bits per heavy atom. The maximum Gasteiger partial charge on any atom is 0.338 e. The number of fused-ring (bicyclic) bond motifs is 1. The van der Waals surface area contributed by atoms with Crippen LogP contribution < -0.4 is 0 Å². The Labute approximate surface area is 229 Å². The van der Waals surface area contributed by atoms with Crippen molar-refractivity contribution in [3.63, 3.8) is 0 Å². The minimum atomic E-state index is -0.448. The number of hydrogen-bond acceptors (Lipinski definition) is 5. The summed E-state index contributed by atoms with van der Waals surface area (Å²) in [4.78, 5) is 20.5. The predicted molar refractivity (Wildman–Crippen MR) is 151 cm³/mol. The summed E-state index contributed by atoms with van der Waals surface area (Å²) < 4.78 is 5.55. The van der Waals surface area contributed by atoms with Gasteiger partial charge in [0.1, 0.15) is 0 Å². The Kier molecular flexibility index (Phi) is 8.07. The van der Waals surface area contributed by atoms with Gasteiger partial charge in [-0.1, -0.05) is 89.6 Å². The van der Waals surface area contributed by atoms with Gasteiger partial charge >= 0.3 is 5.97 Å². The lowest BCUT2D eigenvalue weighted by atomic mass is 9.91. The van der Waals surface area contributed by atoms with Crippen molar-refractivity contribution in [3.8, 4) is 0 Å². The fourth-order valence-electron chi connectivity index (χ4n) is 4.09. The molecule has 1 unspecified atom stereocenters. The van der Waals surface area contributed by atoms with Crippen LogP contribution in [0, 0.1) is 0 Å². The zero-order valence-electron chi connectivity index (χ0n) is 18.7. The Morgan fingerprint density at radius 3 is 2.20 bits per heavy atom. The van der Waals surface area contributed by atoms with Gasteiger partial charge in [-0.05, 0) is 42.3 Å². The summed E-state index contributed by atoms with van der Waals surface area (Å²) in [7, 11) is 0. The van der Waals surface area contributed by atoms with E-state index in [1.54, 1.807) is 6.92 Å². The molecule has 35 heavy (non-hydrogen) atoms. The maximum absolute atomic E-state index is 13.5. The number of carbonyl (C=O) groups is 1. The maximum atomic E-state index is 13.5. The smallest absolute Gasteiger partial charge is 0.338 e. The first-order valence-corrected chi connectivity index (χ1v) is 12.4. The van der Waals surface area contributed by atoms with Gasteiger partial charge in [-0.25, -0.2) is 9.79 Å². The molecule has 0 fully saturated rings. The summed E-state index contributed by atoms with van der Waals surface area (Å²) in [5.41, 5.74) is 4.79. The van der Waals surface area contributed by atoms with Crippen LogP contribution in [-0.4, -0.2) is 22.6 Å². The first kappa shape index (κ1) is 25.6. The molecule has 2 heterocycles. The summed E-state index contributed by atoms with van der Waals surface area (Å²) in [5.74, 6) is -0.392. The van der Waals surface area contributed by atoms with Crippen molar-refractivity contribution in [2.75, 3.05) is 6.61 Å². The van der Waals surface area contributed by atoms with Crippen LogP contribution >= 0.6 is 51.9 Å². The third kappa shape index (κ3) is 5.07. The van der Waals surface area contributed by atoms with Crippen LogP contribution in [0.3, 0.4) is 0 Å². The largest absolute Gasteiger partial charge is 0.463 e. The zero-order valence-corrected chi connectivity index (χ0v) is 22.7. The number of carbonyl (C=O) groups excluding carboxylic acids is 1. The second-order valence-corrected chi connectivity index (χ2v) is 9.40. The van der Waals surface area contributed by atoms with E-state index in [1.807, 2.05) is 78.9 Å². The molecule has 0 aromatic heterocycles. The second kappa shape index (κ2) is 11.0. The Hall–Kier alpha value is -2.51. The Morgan fingerprint density at radius 2 is 1.57 bits per heavy atom. The average molecular weight is 588 g/mol. The van der Waals surface area contributed by atoms with Crippen molar-refractivity contribution in [2.45, 2.75) is 13.0 Å². The molecule has 178 valence electrons. The lowest BCUT2D eigenvalue weighted by Crippen LogP contribution is -2.36. The molecule has 8 heteroatoms. The Bertz CT molecular complexity index is 1320. The monoisotopic (exact) mass is 586 g/mol. The fourth-order valence-corrected chi connectivity index (χ4v) is 5.27. The summed E-state index contributed by atoms with van der Waals surface area (Å²) in [6.45, 7) is 2.07. The number of thioether (sulfide) groups is 1. The molecule has 4 nitrogen and oxygen atoms in total. The topological polar surface area (TPSA) is 41.9 Å². The highest BCUT2D eigenvalue weighted by atomic mass is 79.9. The molecule has 1 atom stereocenters. The van der Waals surface area contributed by atoms with E-state index < -0.39 is 12.0 Å². The van der Waals surface area contributed by atoms with Crippen molar-refractivity contribution in [1.29, 1.82) is 0 Å². The van der Waals surface area contributed by atoms with Crippen LogP contribution in [0.5, 0.6) is 0 Å². The molecule has 3 aromatic carbocycles. The van der Waals surface area contributed by atoms with Crippen molar-refractivity contribution in [3.05, 3.63) is 117 Å². The minimum absolute atomic E-state index is 0. The molecule has 0 saturated carbocycles. The first-order valence-electron chi connectivity index (χ1n) is 10.8. The zero-order chi connectivity index (χ0) is 23.7. The number of aliphatic imine (C=N–C) groups is 1. The molecular formula is C27H21BrCl2N2O2S. The number of halogens is 3. The van der Waals surface area contributed by atoms with E-state index in [1.165, 1.54) is 11.8 Å². The standard InChI is InChI=1S/C27H20Cl2N2O2S.BrH/c1-2-33-26(32)23-24(18-6-4-3-5-7-18)30-27-31(25(23)19-10-14-21(29)15-11-19)22(16-34-27)17-8-12-20(28)13-9-17;/h3-16,25H,2H2,1H3;1H. The van der Waals surface area contributed by atoms with Gasteiger partial charge in [0, 0.05) is 21.0 Å². The van der Waals surface area contributed by atoms with Gasteiger partial charge in [-0.2, -0.15) is 0 Å². The molecule has 0 aliphatic carbocycles. The molecule has 2 aliphatic rings. The number of hydrogen-bond donors (Lipinski definition) is 0. The minimum Gasteiger partial charge on any atom is -0.463 e. The van der Waals surface area contributed by atoms with Crippen molar-refractivity contribution in [1.82, 2.24) is 4.90 Å². The highest BCUT2D eigenvalue weighted by Crippen LogP contribution is 2.48. The average Bonchev–Trinajstić information content (AvgIpc) is 3.28. The molecule has 0 bridgehead atoms. The number of esters is 1. The van der Waals surface area contributed by atoms with Crippen LogP contribution in [0.4, 0.5) is 0 Å². The van der Waals surface area contributed by atoms with Gasteiger partial charge in [0.2, 0.25) is 0 Å². The predicted octanol–water partition coefficient (Wildman–Crippen LogP) is 8.00. The molecule has 5 rings (SSSR count). The van der Waals surface area contributed by atoms with Crippen LogP contribution in [-0.2, 0) is 9.53 Å². The van der Waals surface area contributed by atoms with E-state index in [2.05, 4.69) is 10.3 Å². The second-order valence-electron chi connectivity index (χ2n) is 7.70. The number of rotatable bonds is 5. The lowest BCUT2D eigenvalue weighted by molar-refractivity contribution is -0.139. The van der Waals surface area contributed by atoms with E-state index in [4.69, 9.17) is 32.9 Å². The molecule has 0 N–H and O–H groups in total. The highest BCUT2D eigenvalue weighted by molar-refractivity contribution is 8.93.